The number of nitrogens with two attached hydrogens (primary N) is 1. The summed E-state index contributed by atoms with van der Waals surface area (Å²) in [6.45, 7) is 1.98. The molecule has 1 aromatic carbocycles. The first-order chi connectivity index (χ1) is 8.70. The zero-order valence-corrected chi connectivity index (χ0v) is 10.6. The molecule has 0 aliphatic carbocycles. The number of anilines is 1. The molecule has 0 aromatic heterocycles. The lowest BCUT2D eigenvalue weighted by atomic mass is 10.1. The Balaban J connectivity index is 2.01. The summed E-state index contributed by atoms with van der Waals surface area (Å²) >= 11 is 0. The van der Waals surface area contributed by atoms with Crippen LogP contribution in [0.3, 0.4) is 0 Å². The van der Waals surface area contributed by atoms with Crippen molar-refractivity contribution in [3.63, 3.8) is 0 Å². The van der Waals surface area contributed by atoms with E-state index in [0.29, 0.717) is 18.3 Å². The Labute approximate surface area is 107 Å². The van der Waals surface area contributed by atoms with E-state index in [4.69, 9.17) is 10.8 Å². The summed E-state index contributed by atoms with van der Waals surface area (Å²) < 4.78 is 13.2. The van der Waals surface area contributed by atoms with Crippen molar-refractivity contribution >= 4 is 5.69 Å². The topological polar surface area (TPSA) is 49.5 Å². The molecule has 0 radical (unpaired) electrons. The first-order valence-electron chi connectivity index (χ1n) is 6.59. The summed E-state index contributed by atoms with van der Waals surface area (Å²) in [5, 5.41) is 8.89. The molecule has 3 N–H and O–H groups in total. The number of nitrogens with zero attached hydrogens (tertiary/aromatic N) is 1. The Morgan fingerprint density at radius 2 is 2.28 bits per heavy atom. The van der Waals surface area contributed by atoms with Gasteiger partial charge in [-0.3, -0.25) is 4.90 Å². The van der Waals surface area contributed by atoms with Crippen molar-refractivity contribution in [3.8, 4) is 0 Å². The Hall–Kier alpha value is -1.13. The largest absolute Gasteiger partial charge is 0.398 e. The van der Waals surface area contributed by atoms with Crippen LogP contribution in [0.4, 0.5) is 10.1 Å². The first kappa shape index (κ1) is 13.3. The lowest BCUT2D eigenvalue weighted by molar-refractivity contribution is 0.210. The monoisotopic (exact) mass is 252 g/mol. The van der Waals surface area contributed by atoms with Crippen molar-refractivity contribution in [2.45, 2.75) is 38.3 Å². The van der Waals surface area contributed by atoms with Crippen molar-refractivity contribution in [1.29, 1.82) is 0 Å². The summed E-state index contributed by atoms with van der Waals surface area (Å²) in [5.74, 6) is -0.231. The standard InChI is InChI=1S/C14H21FN2O/c15-12-5-6-14(16)11(9-12)10-17-7-1-3-13(17)4-2-8-18/h5-6,9,13,18H,1-4,7-8,10,16H2. The van der Waals surface area contributed by atoms with Crippen LogP contribution in [0.1, 0.15) is 31.2 Å². The van der Waals surface area contributed by atoms with Gasteiger partial charge in [0.05, 0.1) is 0 Å². The van der Waals surface area contributed by atoms with Crippen LogP contribution in [-0.4, -0.2) is 29.2 Å². The summed E-state index contributed by atoms with van der Waals surface area (Å²) in [6, 6.07) is 5.05. The summed E-state index contributed by atoms with van der Waals surface area (Å²) in [7, 11) is 0. The van der Waals surface area contributed by atoms with Crippen LogP contribution in [0.5, 0.6) is 0 Å². The SMILES string of the molecule is Nc1ccc(F)cc1CN1CCCC1CCCO. The highest BCUT2D eigenvalue weighted by Crippen LogP contribution is 2.25. The fraction of sp³-hybridized carbons (Fsp3) is 0.571. The van der Waals surface area contributed by atoms with Gasteiger partial charge in [-0.25, -0.2) is 4.39 Å². The van der Waals surface area contributed by atoms with Crippen molar-refractivity contribution < 1.29 is 9.50 Å². The van der Waals surface area contributed by atoms with E-state index in [1.165, 1.54) is 18.6 Å². The Morgan fingerprint density at radius 1 is 1.44 bits per heavy atom. The van der Waals surface area contributed by atoms with Gasteiger partial charge in [-0.2, -0.15) is 0 Å². The van der Waals surface area contributed by atoms with Crippen molar-refractivity contribution in [1.82, 2.24) is 4.90 Å². The maximum Gasteiger partial charge on any atom is 0.123 e. The second-order valence-corrected chi connectivity index (χ2v) is 4.98. The van der Waals surface area contributed by atoms with Crippen molar-refractivity contribution in [2.75, 3.05) is 18.9 Å². The molecule has 1 fully saturated rings. The molecule has 1 aliphatic rings. The molecular formula is C14H21FN2O. The molecule has 0 spiro atoms. The fourth-order valence-corrected chi connectivity index (χ4v) is 2.69. The molecule has 0 saturated carbocycles. The van der Waals surface area contributed by atoms with Crippen LogP contribution in [-0.2, 0) is 6.54 Å². The minimum absolute atomic E-state index is 0.231. The van der Waals surface area contributed by atoms with Gasteiger partial charge < -0.3 is 10.8 Å². The number of likely N-dealkylation sites (tertiary alicyclic amines) is 1. The Morgan fingerprint density at radius 3 is 3.06 bits per heavy atom. The molecular weight excluding hydrogens is 231 g/mol. The van der Waals surface area contributed by atoms with Gasteiger partial charge >= 0.3 is 0 Å². The number of hydrogen-bond acceptors (Lipinski definition) is 3. The molecule has 1 atom stereocenters. The van der Waals surface area contributed by atoms with Gasteiger partial charge in [-0.15, -0.1) is 0 Å². The third kappa shape index (κ3) is 3.21. The molecule has 1 heterocycles. The molecule has 1 aliphatic heterocycles. The van der Waals surface area contributed by atoms with Crippen LogP contribution in [0.15, 0.2) is 18.2 Å². The molecule has 3 nitrogen and oxygen atoms in total. The Bertz CT molecular complexity index is 397. The van der Waals surface area contributed by atoms with Crippen LogP contribution in [0.25, 0.3) is 0 Å². The fourth-order valence-electron chi connectivity index (χ4n) is 2.69. The molecule has 1 unspecified atom stereocenters. The molecule has 1 aromatic rings. The van der Waals surface area contributed by atoms with Crippen LogP contribution in [0, 0.1) is 5.82 Å². The molecule has 18 heavy (non-hydrogen) atoms. The second kappa shape index (κ2) is 6.16. The van der Waals surface area contributed by atoms with Crippen LogP contribution < -0.4 is 5.73 Å². The minimum Gasteiger partial charge on any atom is -0.398 e. The number of benzene rings is 1. The quantitative estimate of drug-likeness (QED) is 0.789. The van der Waals surface area contributed by atoms with Gasteiger partial charge in [0, 0.05) is 24.9 Å². The van der Waals surface area contributed by atoms with Gasteiger partial charge in [0.15, 0.2) is 0 Å². The highest BCUT2D eigenvalue weighted by molar-refractivity contribution is 5.46. The maximum absolute atomic E-state index is 13.2. The molecule has 0 amide bonds. The highest BCUT2D eigenvalue weighted by atomic mass is 19.1. The lowest BCUT2D eigenvalue weighted by Crippen LogP contribution is -2.29. The first-order valence-corrected chi connectivity index (χ1v) is 6.59. The van der Waals surface area contributed by atoms with Crippen LogP contribution in [0.2, 0.25) is 0 Å². The average Bonchev–Trinajstić information content (AvgIpc) is 2.79. The third-order valence-corrected chi connectivity index (χ3v) is 3.67. The predicted molar refractivity (Wildman–Crippen MR) is 70.6 cm³/mol. The van der Waals surface area contributed by atoms with Crippen LogP contribution >= 0.6 is 0 Å². The molecule has 0 bridgehead atoms. The number of nitrogen functional groups attached to an aromatic ring is 1. The molecule has 100 valence electrons. The number of hydrogen-bond donors (Lipinski definition) is 2. The lowest BCUT2D eigenvalue weighted by Gasteiger charge is -2.25. The zero-order chi connectivity index (χ0) is 13.0. The minimum atomic E-state index is -0.231. The smallest absolute Gasteiger partial charge is 0.123 e. The van der Waals surface area contributed by atoms with Gasteiger partial charge in [-0.1, -0.05) is 0 Å². The van der Waals surface area contributed by atoms with E-state index in [-0.39, 0.29) is 12.4 Å². The van der Waals surface area contributed by atoms with Gasteiger partial charge in [0.2, 0.25) is 0 Å². The summed E-state index contributed by atoms with van der Waals surface area (Å²) in [4.78, 5) is 2.35. The highest BCUT2D eigenvalue weighted by Gasteiger charge is 2.24. The molecule has 1 saturated heterocycles. The third-order valence-electron chi connectivity index (χ3n) is 3.67. The van der Waals surface area contributed by atoms with E-state index in [1.54, 1.807) is 6.07 Å². The van der Waals surface area contributed by atoms with E-state index in [0.717, 1.165) is 31.4 Å². The predicted octanol–water partition coefficient (Wildman–Crippen LogP) is 2.14. The van der Waals surface area contributed by atoms with E-state index in [2.05, 4.69) is 4.90 Å². The number of aliphatic hydroxyl groups excluding tert-OH is 1. The summed E-state index contributed by atoms with van der Waals surface area (Å²) in [5.41, 5.74) is 7.40. The summed E-state index contributed by atoms with van der Waals surface area (Å²) in [6.07, 6.45) is 4.17. The maximum atomic E-state index is 13.2. The molecule has 4 heteroatoms. The number of aliphatic hydroxyl groups is 1. The number of rotatable bonds is 5. The van der Waals surface area contributed by atoms with E-state index in [9.17, 15) is 4.39 Å². The van der Waals surface area contributed by atoms with Gasteiger partial charge in [0.1, 0.15) is 5.82 Å². The zero-order valence-electron chi connectivity index (χ0n) is 10.6. The number of halogens is 1. The van der Waals surface area contributed by atoms with E-state index >= 15 is 0 Å². The average molecular weight is 252 g/mol. The normalized spacial score (nSPS) is 20.4. The van der Waals surface area contributed by atoms with Gasteiger partial charge in [0.25, 0.3) is 0 Å². The Kier molecular flexibility index (Phi) is 4.55. The van der Waals surface area contributed by atoms with Gasteiger partial charge in [-0.05, 0) is 56.0 Å². The van der Waals surface area contributed by atoms with E-state index < -0.39 is 0 Å². The molecule has 2 rings (SSSR count). The van der Waals surface area contributed by atoms with Crippen molar-refractivity contribution in [2.24, 2.45) is 0 Å². The van der Waals surface area contributed by atoms with Crippen molar-refractivity contribution in [3.05, 3.63) is 29.6 Å². The second-order valence-electron chi connectivity index (χ2n) is 4.98. The van der Waals surface area contributed by atoms with E-state index in [1.807, 2.05) is 0 Å².